The number of nitrogens with two attached hydrogens (primary N) is 1. The van der Waals surface area contributed by atoms with Gasteiger partial charge in [-0.2, -0.15) is 0 Å². The maximum atomic E-state index is 13.8. The van der Waals surface area contributed by atoms with Crippen molar-refractivity contribution >= 4 is 40.9 Å². The lowest BCUT2D eigenvalue weighted by molar-refractivity contribution is -0.170. The summed E-state index contributed by atoms with van der Waals surface area (Å²) in [6.07, 6.45) is -1.49. The lowest BCUT2D eigenvalue weighted by atomic mass is 10.0. The Balaban J connectivity index is 1.79. The predicted octanol–water partition coefficient (Wildman–Crippen LogP) is 2.58. The summed E-state index contributed by atoms with van der Waals surface area (Å²) in [6.45, 7) is 7.91. The molecule has 1 fully saturated rings. The average molecular weight is 514 g/mol. The number of para-hydroxylation sites is 1. The molecule has 9 nitrogen and oxygen atoms in total. The van der Waals surface area contributed by atoms with E-state index in [1.165, 1.54) is 11.8 Å². The lowest BCUT2D eigenvalue weighted by Gasteiger charge is -2.39. The number of carbonyl (C=O) groups is 2. The summed E-state index contributed by atoms with van der Waals surface area (Å²) in [6, 6.07) is 12.9. The summed E-state index contributed by atoms with van der Waals surface area (Å²) >= 11 is 6.37. The number of halogens is 1. The molecule has 4 rings (SSSR count). The van der Waals surface area contributed by atoms with E-state index in [4.69, 9.17) is 31.8 Å². The number of nitrogens with zero attached hydrogens (tertiary/aromatic N) is 4. The van der Waals surface area contributed by atoms with E-state index in [2.05, 4.69) is 16.8 Å². The second kappa shape index (κ2) is 10.5. The van der Waals surface area contributed by atoms with Crippen LogP contribution in [0.5, 0.6) is 0 Å². The zero-order chi connectivity index (χ0) is 26.0. The monoisotopic (exact) mass is 513 g/mol. The van der Waals surface area contributed by atoms with E-state index in [1.807, 2.05) is 24.3 Å². The van der Waals surface area contributed by atoms with Gasteiger partial charge in [0.25, 0.3) is 0 Å². The summed E-state index contributed by atoms with van der Waals surface area (Å²) in [5.74, 6) is -0.00237. The Morgan fingerprint density at radius 3 is 2.53 bits per heavy atom. The fourth-order valence-electron chi connectivity index (χ4n) is 4.06. The normalized spacial score (nSPS) is 18.2. The molecule has 0 aromatic heterocycles. The van der Waals surface area contributed by atoms with Crippen molar-refractivity contribution in [1.82, 2.24) is 9.80 Å². The highest BCUT2D eigenvalue weighted by molar-refractivity contribution is 6.31. The topological polar surface area (TPSA) is 101 Å². The van der Waals surface area contributed by atoms with Crippen LogP contribution in [-0.4, -0.2) is 66.9 Å². The Hall–Kier alpha value is -3.14. The summed E-state index contributed by atoms with van der Waals surface area (Å²) in [4.78, 5) is 37.0. The first kappa shape index (κ1) is 25.9. The number of hydrogen-bond donors (Lipinski definition) is 1. The minimum atomic E-state index is -1.18. The van der Waals surface area contributed by atoms with Crippen molar-refractivity contribution in [3.05, 3.63) is 58.1 Å². The predicted molar refractivity (Wildman–Crippen MR) is 138 cm³/mol. The van der Waals surface area contributed by atoms with Gasteiger partial charge < -0.3 is 25.0 Å². The number of rotatable bonds is 5. The molecule has 0 saturated carbocycles. The molecule has 0 aliphatic carbocycles. The van der Waals surface area contributed by atoms with Gasteiger partial charge in [0.05, 0.1) is 16.7 Å². The molecule has 192 valence electrons. The van der Waals surface area contributed by atoms with Crippen molar-refractivity contribution in [3.8, 4) is 0 Å². The number of amides is 1. The van der Waals surface area contributed by atoms with Crippen LogP contribution in [0.15, 0.2) is 47.5 Å². The van der Waals surface area contributed by atoms with Crippen LogP contribution in [0.2, 0.25) is 5.02 Å². The number of hydrogen-bond acceptors (Lipinski definition) is 8. The summed E-state index contributed by atoms with van der Waals surface area (Å²) < 4.78 is 11.0. The van der Waals surface area contributed by atoms with Crippen LogP contribution in [0.3, 0.4) is 0 Å². The van der Waals surface area contributed by atoms with Gasteiger partial charge in [-0.1, -0.05) is 30.7 Å². The average Bonchev–Trinajstić information content (AvgIpc) is 2.98. The molecule has 2 aliphatic heterocycles. The smallest absolute Gasteiger partial charge is 0.423 e. The van der Waals surface area contributed by atoms with Gasteiger partial charge in [0.1, 0.15) is 11.4 Å². The fraction of sp³-hybridized carbons (Fsp3) is 0.423. The highest BCUT2D eigenvalue weighted by Crippen LogP contribution is 2.36. The molecule has 0 spiro atoms. The molecule has 0 radical (unpaired) electrons. The van der Waals surface area contributed by atoms with E-state index in [0.717, 1.165) is 23.7 Å². The maximum Gasteiger partial charge on any atom is 0.423 e. The SMILES string of the molecule is CCC(C)(N)C(=O)OC(C)OC(=O)N1C(N2CCN(C)CC2)=c2ccccc2=Nc2ccc(Cl)cc21. The van der Waals surface area contributed by atoms with E-state index in [1.54, 1.807) is 32.0 Å². The molecule has 2 atom stereocenters. The van der Waals surface area contributed by atoms with Gasteiger partial charge in [-0.15, -0.1) is 0 Å². The van der Waals surface area contributed by atoms with Crippen LogP contribution in [0, 0.1) is 0 Å². The van der Waals surface area contributed by atoms with Crippen LogP contribution in [0.4, 0.5) is 16.2 Å². The lowest BCUT2D eigenvalue weighted by Crippen LogP contribution is -2.52. The number of ether oxygens (including phenoxy) is 2. The van der Waals surface area contributed by atoms with Gasteiger partial charge in [0, 0.05) is 43.3 Å². The molecule has 2 aromatic rings. The number of likely N-dealkylation sites (N-methyl/N-ethyl adjacent to an activating group) is 1. The van der Waals surface area contributed by atoms with E-state index in [9.17, 15) is 9.59 Å². The van der Waals surface area contributed by atoms with Crippen LogP contribution < -0.4 is 21.2 Å². The third-order valence-electron chi connectivity index (χ3n) is 6.50. The molecule has 2 heterocycles. The molecule has 2 aromatic carbocycles. The van der Waals surface area contributed by atoms with Crippen LogP contribution in [-0.2, 0) is 14.3 Å². The van der Waals surface area contributed by atoms with Crippen molar-refractivity contribution in [1.29, 1.82) is 0 Å². The number of anilines is 1. The quantitative estimate of drug-likeness (QED) is 0.484. The molecule has 1 amide bonds. The minimum Gasteiger partial charge on any atom is -0.424 e. The van der Waals surface area contributed by atoms with E-state index in [0.29, 0.717) is 41.7 Å². The van der Waals surface area contributed by atoms with Gasteiger partial charge in [0.2, 0.25) is 6.29 Å². The largest absolute Gasteiger partial charge is 0.424 e. The summed E-state index contributed by atoms with van der Waals surface area (Å²) in [5, 5.41) is 1.97. The number of carbonyl (C=O) groups excluding carboxylic acids is 2. The van der Waals surface area contributed by atoms with Gasteiger partial charge >= 0.3 is 12.1 Å². The van der Waals surface area contributed by atoms with Crippen molar-refractivity contribution in [2.45, 2.75) is 39.0 Å². The fourth-order valence-corrected chi connectivity index (χ4v) is 4.22. The Labute approximate surface area is 215 Å². The Bertz CT molecular complexity index is 1270. The first-order valence-electron chi connectivity index (χ1n) is 12.0. The molecule has 36 heavy (non-hydrogen) atoms. The molecule has 0 bridgehead atoms. The Kier molecular flexibility index (Phi) is 7.54. The van der Waals surface area contributed by atoms with Crippen LogP contribution in [0.25, 0.3) is 5.82 Å². The van der Waals surface area contributed by atoms with Gasteiger partial charge in [0.15, 0.2) is 0 Å². The van der Waals surface area contributed by atoms with Crippen LogP contribution in [0.1, 0.15) is 27.2 Å². The van der Waals surface area contributed by atoms with Gasteiger partial charge in [-0.25, -0.2) is 19.5 Å². The highest BCUT2D eigenvalue weighted by atomic mass is 35.5. The van der Waals surface area contributed by atoms with Crippen molar-refractivity contribution in [2.24, 2.45) is 10.7 Å². The molecular weight excluding hydrogens is 482 g/mol. The molecular formula is C26H32ClN5O4. The van der Waals surface area contributed by atoms with Crippen molar-refractivity contribution < 1.29 is 19.1 Å². The summed E-state index contributed by atoms with van der Waals surface area (Å²) in [5.41, 5.74) is 5.86. The van der Waals surface area contributed by atoms with Crippen molar-refractivity contribution in [3.63, 3.8) is 0 Å². The third-order valence-corrected chi connectivity index (χ3v) is 6.74. The molecule has 2 N–H and O–H groups in total. The standard InChI is InChI=1S/C26H32ClN5O4/c1-5-26(3,28)24(33)35-17(2)36-25(34)32-22-16-18(27)10-11-21(22)29-20-9-7-6-8-19(20)23(32)31-14-12-30(4)13-15-31/h6-11,16-17H,5,12-15,28H2,1-4H3. The first-order chi connectivity index (χ1) is 17.1. The summed E-state index contributed by atoms with van der Waals surface area (Å²) in [7, 11) is 2.07. The van der Waals surface area contributed by atoms with E-state index < -0.39 is 23.9 Å². The Morgan fingerprint density at radius 1 is 1.14 bits per heavy atom. The molecule has 10 heteroatoms. The molecule has 1 saturated heterocycles. The highest BCUT2D eigenvalue weighted by Gasteiger charge is 2.35. The Morgan fingerprint density at radius 2 is 1.83 bits per heavy atom. The maximum absolute atomic E-state index is 13.8. The number of esters is 1. The van der Waals surface area contributed by atoms with Crippen molar-refractivity contribution in [2.75, 3.05) is 38.1 Å². The minimum absolute atomic E-state index is 0.379. The van der Waals surface area contributed by atoms with Gasteiger partial charge in [-0.3, -0.25) is 0 Å². The second-order valence-electron chi connectivity index (χ2n) is 9.34. The van der Waals surface area contributed by atoms with E-state index in [-0.39, 0.29) is 0 Å². The third kappa shape index (κ3) is 5.33. The number of fused-ring (bicyclic) bond motifs is 2. The molecule has 2 unspecified atom stereocenters. The first-order valence-corrected chi connectivity index (χ1v) is 12.4. The van der Waals surface area contributed by atoms with Crippen LogP contribution >= 0.6 is 11.6 Å². The van der Waals surface area contributed by atoms with Gasteiger partial charge in [-0.05, 0) is 50.7 Å². The zero-order valence-electron chi connectivity index (χ0n) is 21.0. The van der Waals surface area contributed by atoms with E-state index >= 15 is 0 Å². The number of benzene rings is 2. The second-order valence-corrected chi connectivity index (χ2v) is 9.78. The molecule has 2 aliphatic rings. The zero-order valence-corrected chi connectivity index (χ0v) is 21.8. The number of piperazine rings is 1.